The number of ether oxygens (including phenoxy) is 2. The first-order valence-corrected chi connectivity index (χ1v) is 10.5. The van der Waals surface area contributed by atoms with Crippen LogP contribution in [-0.4, -0.2) is 22.7 Å². The fourth-order valence-corrected chi connectivity index (χ4v) is 3.17. The number of nitrogens with zero attached hydrogens (tertiary/aromatic N) is 1. The lowest BCUT2D eigenvalue weighted by atomic mass is 10.2. The number of aromatic amines is 1. The third-order valence-corrected chi connectivity index (χ3v) is 5.00. The van der Waals surface area contributed by atoms with Crippen LogP contribution in [0.25, 0.3) is 10.9 Å². The summed E-state index contributed by atoms with van der Waals surface area (Å²) < 4.78 is 25.2. The molecule has 4 aromatic rings. The van der Waals surface area contributed by atoms with E-state index in [1.165, 1.54) is 6.07 Å². The van der Waals surface area contributed by atoms with Gasteiger partial charge in [-0.2, -0.15) is 5.10 Å². The van der Waals surface area contributed by atoms with Gasteiger partial charge in [-0.1, -0.05) is 31.5 Å². The summed E-state index contributed by atoms with van der Waals surface area (Å²) in [5, 5.41) is 10.6. The van der Waals surface area contributed by atoms with E-state index in [0.29, 0.717) is 34.7 Å². The molecule has 6 nitrogen and oxygen atoms in total. The molecule has 0 saturated carbocycles. The van der Waals surface area contributed by atoms with Gasteiger partial charge in [0, 0.05) is 16.5 Å². The highest BCUT2D eigenvalue weighted by Crippen LogP contribution is 2.26. The molecule has 0 spiro atoms. The molecule has 0 saturated heterocycles. The average Bonchev–Trinajstić information content (AvgIpc) is 3.21. The van der Waals surface area contributed by atoms with Crippen molar-refractivity contribution >= 4 is 22.6 Å². The van der Waals surface area contributed by atoms with Gasteiger partial charge in [0.05, 0.1) is 12.1 Å². The number of fused-ring (bicyclic) bond motifs is 1. The number of benzene rings is 3. The lowest BCUT2D eigenvalue weighted by Gasteiger charge is -2.08. The standard InChI is InChI=1S/C25H24FN3O3/c1-2-3-14-31-19-10-8-17(9-11-19)25(30)27-24-21-15-20(12-13-23(21)28-29-24)32-16-18-6-4-5-7-22(18)26/h4-13,15H,2-3,14,16H2,1H3,(H2,27,28,29,30). The molecular weight excluding hydrogens is 409 g/mol. The van der Waals surface area contributed by atoms with E-state index in [1.807, 2.05) is 0 Å². The monoisotopic (exact) mass is 433 g/mol. The zero-order valence-corrected chi connectivity index (χ0v) is 17.7. The van der Waals surface area contributed by atoms with E-state index >= 15 is 0 Å². The molecule has 0 atom stereocenters. The highest BCUT2D eigenvalue weighted by atomic mass is 19.1. The van der Waals surface area contributed by atoms with Crippen LogP contribution in [0.2, 0.25) is 0 Å². The highest BCUT2D eigenvalue weighted by molar-refractivity contribution is 6.08. The molecular formula is C25H24FN3O3. The zero-order chi connectivity index (χ0) is 22.3. The van der Waals surface area contributed by atoms with Gasteiger partial charge < -0.3 is 14.8 Å². The Morgan fingerprint density at radius 2 is 1.81 bits per heavy atom. The van der Waals surface area contributed by atoms with Crippen molar-refractivity contribution in [2.45, 2.75) is 26.4 Å². The number of amides is 1. The number of anilines is 1. The van der Waals surface area contributed by atoms with E-state index in [-0.39, 0.29) is 18.3 Å². The summed E-state index contributed by atoms with van der Waals surface area (Å²) in [7, 11) is 0. The van der Waals surface area contributed by atoms with Crippen molar-refractivity contribution < 1.29 is 18.7 Å². The molecule has 1 aromatic heterocycles. The normalized spacial score (nSPS) is 10.8. The molecule has 164 valence electrons. The number of carbonyl (C=O) groups is 1. The number of hydrogen-bond donors (Lipinski definition) is 2. The van der Waals surface area contributed by atoms with Crippen molar-refractivity contribution in [3.05, 3.63) is 83.7 Å². The van der Waals surface area contributed by atoms with Crippen LogP contribution in [0.1, 0.15) is 35.7 Å². The van der Waals surface area contributed by atoms with Gasteiger partial charge in [-0.05, 0) is 55.0 Å². The van der Waals surface area contributed by atoms with E-state index in [9.17, 15) is 9.18 Å². The summed E-state index contributed by atoms with van der Waals surface area (Å²) in [5.74, 6) is 1.08. The van der Waals surface area contributed by atoms with Gasteiger partial charge in [-0.25, -0.2) is 4.39 Å². The van der Waals surface area contributed by atoms with Crippen LogP contribution in [0, 0.1) is 5.82 Å². The molecule has 1 amide bonds. The second-order valence-electron chi connectivity index (χ2n) is 7.34. The largest absolute Gasteiger partial charge is 0.494 e. The van der Waals surface area contributed by atoms with E-state index in [4.69, 9.17) is 9.47 Å². The van der Waals surface area contributed by atoms with Gasteiger partial charge in [-0.3, -0.25) is 9.89 Å². The lowest BCUT2D eigenvalue weighted by molar-refractivity contribution is 0.102. The molecule has 2 N–H and O–H groups in total. The lowest BCUT2D eigenvalue weighted by Crippen LogP contribution is -2.12. The number of unbranched alkanes of at least 4 members (excludes halogenated alkanes) is 1. The first kappa shape index (κ1) is 21.4. The third-order valence-electron chi connectivity index (χ3n) is 5.00. The molecule has 32 heavy (non-hydrogen) atoms. The maximum atomic E-state index is 13.8. The number of rotatable bonds is 9. The van der Waals surface area contributed by atoms with Crippen LogP contribution in [0.3, 0.4) is 0 Å². The number of halogens is 1. The molecule has 0 radical (unpaired) electrons. The summed E-state index contributed by atoms with van der Waals surface area (Å²) in [6.45, 7) is 2.86. The molecule has 4 rings (SSSR count). The molecule has 0 aliphatic carbocycles. The van der Waals surface area contributed by atoms with Crippen molar-refractivity contribution in [1.29, 1.82) is 0 Å². The molecule has 1 heterocycles. The summed E-state index contributed by atoms with van der Waals surface area (Å²) >= 11 is 0. The van der Waals surface area contributed by atoms with Gasteiger partial charge in [0.15, 0.2) is 5.82 Å². The van der Waals surface area contributed by atoms with Crippen LogP contribution in [0.5, 0.6) is 11.5 Å². The quantitative estimate of drug-likeness (QED) is 0.331. The van der Waals surface area contributed by atoms with Gasteiger partial charge in [0.2, 0.25) is 0 Å². The Balaban J connectivity index is 1.44. The topological polar surface area (TPSA) is 76.2 Å². The summed E-state index contributed by atoms with van der Waals surface area (Å²) in [4.78, 5) is 12.7. The van der Waals surface area contributed by atoms with Crippen LogP contribution in [0.15, 0.2) is 66.7 Å². The van der Waals surface area contributed by atoms with E-state index in [1.54, 1.807) is 60.7 Å². The van der Waals surface area contributed by atoms with Crippen LogP contribution >= 0.6 is 0 Å². The SMILES string of the molecule is CCCCOc1ccc(C(=O)Nc2n[nH]c3ccc(OCc4ccccc4F)cc23)cc1. The third kappa shape index (κ3) is 5.06. The van der Waals surface area contributed by atoms with Crippen molar-refractivity contribution in [3.8, 4) is 11.5 Å². The minimum Gasteiger partial charge on any atom is -0.494 e. The number of aromatic nitrogens is 2. The minimum absolute atomic E-state index is 0.102. The molecule has 0 aliphatic heterocycles. The van der Waals surface area contributed by atoms with E-state index in [0.717, 1.165) is 24.1 Å². The first-order chi connectivity index (χ1) is 15.6. The Kier molecular flexibility index (Phi) is 6.65. The van der Waals surface area contributed by atoms with Crippen molar-refractivity contribution in [2.24, 2.45) is 0 Å². The fourth-order valence-electron chi connectivity index (χ4n) is 3.17. The summed E-state index contributed by atoms with van der Waals surface area (Å²) in [5.41, 5.74) is 1.71. The molecule has 0 unspecified atom stereocenters. The van der Waals surface area contributed by atoms with Crippen LogP contribution in [-0.2, 0) is 6.61 Å². The van der Waals surface area contributed by atoms with Crippen LogP contribution in [0.4, 0.5) is 10.2 Å². The van der Waals surface area contributed by atoms with Crippen molar-refractivity contribution in [1.82, 2.24) is 10.2 Å². The Labute approximate surface area is 185 Å². The summed E-state index contributed by atoms with van der Waals surface area (Å²) in [6.07, 6.45) is 2.05. The number of nitrogens with one attached hydrogen (secondary N) is 2. The number of hydrogen-bond acceptors (Lipinski definition) is 4. The first-order valence-electron chi connectivity index (χ1n) is 10.5. The Morgan fingerprint density at radius 1 is 1.03 bits per heavy atom. The molecule has 0 aliphatic rings. The number of carbonyl (C=O) groups excluding carboxylic acids is 1. The van der Waals surface area contributed by atoms with E-state index in [2.05, 4.69) is 22.4 Å². The Morgan fingerprint density at radius 3 is 2.59 bits per heavy atom. The van der Waals surface area contributed by atoms with Crippen molar-refractivity contribution in [3.63, 3.8) is 0 Å². The second-order valence-corrected chi connectivity index (χ2v) is 7.34. The Bertz CT molecular complexity index is 1200. The molecule has 0 bridgehead atoms. The maximum absolute atomic E-state index is 13.8. The molecule has 3 aromatic carbocycles. The highest BCUT2D eigenvalue weighted by Gasteiger charge is 2.13. The molecule has 0 fully saturated rings. The average molecular weight is 433 g/mol. The van der Waals surface area contributed by atoms with Gasteiger partial charge in [0.1, 0.15) is 23.9 Å². The van der Waals surface area contributed by atoms with Gasteiger partial charge in [0.25, 0.3) is 5.91 Å². The maximum Gasteiger partial charge on any atom is 0.256 e. The smallest absolute Gasteiger partial charge is 0.256 e. The second kappa shape index (κ2) is 9.96. The van der Waals surface area contributed by atoms with Crippen LogP contribution < -0.4 is 14.8 Å². The van der Waals surface area contributed by atoms with Gasteiger partial charge in [-0.15, -0.1) is 0 Å². The Hall–Kier alpha value is -3.87. The zero-order valence-electron chi connectivity index (χ0n) is 17.7. The fraction of sp³-hybridized carbons (Fsp3) is 0.200. The summed E-state index contributed by atoms with van der Waals surface area (Å²) in [6, 6.07) is 18.8. The number of H-pyrrole nitrogens is 1. The molecule has 7 heteroatoms. The minimum atomic E-state index is -0.313. The van der Waals surface area contributed by atoms with Gasteiger partial charge >= 0.3 is 0 Å². The predicted molar refractivity (Wildman–Crippen MR) is 122 cm³/mol. The van der Waals surface area contributed by atoms with E-state index < -0.39 is 0 Å². The van der Waals surface area contributed by atoms with Crippen molar-refractivity contribution in [2.75, 3.05) is 11.9 Å². The predicted octanol–water partition coefficient (Wildman–Crippen LogP) is 5.71.